The topological polar surface area (TPSA) is 78.1 Å². The van der Waals surface area contributed by atoms with Crippen LogP contribution in [0.2, 0.25) is 0 Å². The van der Waals surface area contributed by atoms with Gasteiger partial charge in [-0.2, -0.15) is 0 Å². The zero-order chi connectivity index (χ0) is 30.5. The molecule has 0 fully saturated rings. The summed E-state index contributed by atoms with van der Waals surface area (Å²) in [5.74, 6) is 0. The molecular formula is C34H50Br2N2O4. The van der Waals surface area contributed by atoms with E-state index in [0.29, 0.717) is 13.1 Å². The third-order valence-electron chi connectivity index (χ3n) is 8.68. The number of benzene rings is 1. The first kappa shape index (κ1) is 34.9. The van der Waals surface area contributed by atoms with Gasteiger partial charge in [-0.15, -0.1) is 0 Å². The van der Waals surface area contributed by atoms with Gasteiger partial charge in [0.1, 0.15) is 0 Å². The molecule has 0 unspecified atom stereocenters. The van der Waals surface area contributed by atoms with Crippen molar-refractivity contribution in [1.82, 2.24) is 9.13 Å². The van der Waals surface area contributed by atoms with Crippen LogP contribution < -0.4 is 22.2 Å². The number of nitrogens with zero attached hydrogens (tertiary/aromatic N) is 2. The van der Waals surface area contributed by atoms with Gasteiger partial charge >= 0.3 is 0 Å². The molecule has 0 N–H and O–H groups in total. The monoisotopic (exact) mass is 708 g/mol. The predicted molar refractivity (Wildman–Crippen MR) is 184 cm³/mol. The van der Waals surface area contributed by atoms with E-state index in [2.05, 4.69) is 45.7 Å². The third-order valence-corrected chi connectivity index (χ3v) is 10.3. The second kappa shape index (κ2) is 18.3. The van der Waals surface area contributed by atoms with Gasteiger partial charge in [0, 0.05) is 22.0 Å². The number of unbranched alkanes of at least 4 members (excludes halogenated alkanes) is 18. The van der Waals surface area contributed by atoms with Crippen LogP contribution in [0.5, 0.6) is 0 Å². The minimum Gasteiger partial charge on any atom is -0.274 e. The summed E-state index contributed by atoms with van der Waals surface area (Å²) < 4.78 is 3.08. The molecule has 3 aromatic rings. The van der Waals surface area contributed by atoms with Crippen molar-refractivity contribution in [1.29, 1.82) is 0 Å². The zero-order valence-corrected chi connectivity index (χ0v) is 29.0. The van der Waals surface area contributed by atoms with Gasteiger partial charge in [-0.25, -0.2) is 0 Å². The molecule has 0 aliphatic rings. The standard InChI is InChI=1S/C34H50Br2N2O4/c1-3-5-7-9-11-13-15-17-19-21-23-37-31(39)25-26(32(37)40)30(36)28-27(29(25)35)33(41)38(34(28)42)24-22-20-18-16-14-12-10-8-6-4-2/h3-24H2,1-2H3. The normalized spacial score (nSPS) is 11.9. The molecule has 0 radical (unpaired) electrons. The third kappa shape index (κ3) is 8.77. The number of halogens is 2. The molecule has 234 valence electrons. The molecule has 0 aliphatic heterocycles. The van der Waals surface area contributed by atoms with Crippen molar-refractivity contribution in [2.24, 2.45) is 0 Å². The molecule has 0 saturated carbocycles. The van der Waals surface area contributed by atoms with Crippen molar-refractivity contribution >= 4 is 53.4 Å². The summed E-state index contributed by atoms with van der Waals surface area (Å²) in [5.41, 5.74) is -1.58. The summed E-state index contributed by atoms with van der Waals surface area (Å²) in [4.78, 5) is 53.4. The molecule has 0 spiro atoms. The Morgan fingerprint density at radius 1 is 0.381 bits per heavy atom. The van der Waals surface area contributed by atoms with Gasteiger partial charge in [0.2, 0.25) is 0 Å². The molecule has 3 rings (SSSR count). The maximum absolute atomic E-state index is 13.4. The minimum absolute atomic E-state index is 0.194. The van der Waals surface area contributed by atoms with Gasteiger partial charge in [-0.3, -0.25) is 28.3 Å². The van der Waals surface area contributed by atoms with Crippen LogP contribution in [0.15, 0.2) is 28.1 Å². The van der Waals surface area contributed by atoms with E-state index < -0.39 is 22.2 Å². The fourth-order valence-corrected chi connectivity index (χ4v) is 7.61. The lowest BCUT2D eigenvalue weighted by atomic mass is 10.1. The Morgan fingerprint density at radius 3 is 0.833 bits per heavy atom. The van der Waals surface area contributed by atoms with Gasteiger partial charge in [0.25, 0.3) is 22.2 Å². The van der Waals surface area contributed by atoms with Crippen LogP contribution in [0.25, 0.3) is 21.5 Å². The molecule has 6 nitrogen and oxygen atoms in total. The highest BCUT2D eigenvalue weighted by Crippen LogP contribution is 2.34. The lowest BCUT2D eigenvalue weighted by Gasteiger charge is -2.03. The first-order chi connectivity index (χ1) is 20.4. The fraction of sp³-hybridized carbons (Fsp3) is 0.706. The van der Waals surface area contributed by atoms with Gasteiger partial charge < -0.3 is 0 Å². The number of hydrogen-bond acceptors (Lipinski definition) is 4. The smallest absolute Gasteiger partial charge is 0.262 e. The zero-order valence-electron chi connectivity index (χ0n) is 25.8. The number of fused-ring (bicyclic) bond motifs is 2. The van der Waals surface area contributed by atoms with E-state index in [0.717, 1.165) is 38.5 Å². The fourth-order valence-electron chi connectivity index (χ4n) is 6.14. The van der Waals surface area contributed by atoms with Crippen LogP contribution >= 0.6 is 31.9 Å². The maximum Gasteiger partial charge on any atom is 0.262 e. The van der Waals surface area contributed by atoms with Crippen molar-refractivity contribution in [3.63, 3.8) is 0 Å². The first-order valence-electron chi connectivity index (χ1n) is 16.6. The Bertz CT molecular complexity index is 1290. The van der Waals surface area contributed by atoms with Gasteiger partial charge in [-0.1, -0.05) is 129 Å². The largest absolute Gasteiger partial charge is 0.274 e. The van der Waals surface area contributed by atoms with Crippen LogP contribution in [0, 0.1) is 0 Å². The number of rotatable bonds is 22. The Hall–Kier alpha value is -1.54. The van der Waals surface area contributed by atoms with E-state index in [1.807, 2.05) is 0 Å². The lowest BCUT2D eigenvalue weighted by Crippen LogP contribution is -2.26. The predicted octanol–water partition coefficient (Wildman–Crippen LogP) is 9.28. The summed E-state index contributed by atoms with van der Waals surface area (Å²) in [6.45, 7) is 5.15. The highest BCUT2D eigenvalue weighted by Gasteiger charge is 2.27. The van der Waals surface area contributed by atoms with E-state index in [-0.39, 0.29) is 30.5 Å². The SMILES string of the molecule is CCCCCCCCCCCCn1c(=O)c2c(Br)c3c(=O)n(CCCCCCCCCCCC)c(=O)c3c(Br)c2c1=O. The molecule has 2 aromatic heterocycles. The first-order valence-corrected chi connectivity index (χ1v) is 18.2. The summed E-state index contributed by atoms with van der Waals surface area (Å²) in [6, 6.07) is 0. The van der Waals surface area contributed by atoms with Crippen LogP contribution in [-0.4, -0.2) is 9.13 Å². The van der Waals surface area contributed by atoms with Crippen molar-refractivity contribution in [3.8, 4) is 0 Å². The Morgan fingerprint density at radius 2 is 0.595 bits per heavy atom. The summed E-state index contributed by atoms with van der Waals surface area (Å²) in [5, 5.41) is 0.776. The molecule has 42 heavy (non-hydrogen) atoms. The second-order valence-electron chi connectivity index (χ2n) is 12.0. The van der Waals surface area contributed by atoms with Gasteiger partial charge in [-0.05, 0) is 44.7 Å². The number of aromatic nitrogens is 2. The molecule has 8 heteroatoms. The van der Waals surface area contributed by atoms with E-state index >= 15 is 0 Å². The van der Waals surface area contributed by atoms with Crippen molar-refractivity contribution in [2.75, 3.05) is 0 Å². The van der Waals surface area contributed by atoms with Crippen molar-refractivity contribution in [2.45, 2.75) is 155 Å². The van der Waals surface area contributed by atoms with E-state index in [9.17, 15) is 19.2 Å². The van der Waals surface area contributed by atoms with E-state index in [4.69, 9.17) is 0 Å². The highest BCUT2D eigenvalue weighted by molar-refractivity contribution is 9.11. The van der Waals surface area contributed by atoms with Crippen LogP contribution in [0.4, 0.5) is 0 Å². The van der Waals surface area contributed by atoms with Crippen molar-refractivity contribution in [3.05, 3.63) is 50.4 Å². The second-order valence-corrected chi connectivity index (χ2v) is 13.6. The highest BCUT2D eigenvalue weighted by atomic mass is 79.9. The molecule has 2 heterocycles. The minimum atomic E-state index is -0.394. The lowest BCUT2D eigenvalue weighted by molar-refractivity contribution is 0.528. The molecular weight excluding hydrogens is 660 g/mol. The Labute approximate surface area is 267 Å². The molecule has 0 atom stereocenters. The van der Waals surface area contributed by atoms with Crippen LogP contribution in [0.3, 0.4) is 0 Å². The Balaban J connectivity index is 1.63. The Kier molecular flexibility index (Phi) is 15.2. The quantitative estimate of drug-likeness (QED) is 0.0975. The number of hydrogen-bond donors (Lipinski definition) is 0. The molecule has 0 aliphatic carbocycles. The van der Waals surface area contributed by atoms with Crippen LogP contribution in [0.1, 0.15) is 142 Å². The van der Waals surface area contributed by atoms with Gasteiger partial charge in [0.15, 0.2) is 0 Å². The maximum atomic E-state index is 13.4. The summed E-state index contributed by atoms with van der Waals surface area (Å²) in [7, 11) is 0. The molecule has 1 aromatic carbocycles. The van der Waals surface area contributed by atoms with Crippen LogP contribution in [-0.2, 0) is 13.1 Å². The molecule has 0 saturated heterocycles. The average Bonchev–Trinajstić information content (AvgIpc) is 3.38. The van der Waals surface area contributed by atoms with E-state index in [1.54, 1.807) is 0 Å². The average molecular weight is 711 g/mol. The summed E-state index contributed by atoms with van der Waals surface area (Å²) in [6.07, 6.45) is 23.4. The van der Waals surface area contributed by atoms with Gasteiger partial charge in [0.05, 0.1) is 21.5 Å². The molecule has 0 bridgehead atoms. The van der Waals surface area contributed by atoms with Crippen molar-refractivity contribution < 1.29 is 0 Å². The molecule has 0 amide bonds. The summed E-state index contributed by atoms with van der Waals surface area (Å²) >= 11 is 6.91. The van der Waals surface area contributed by atoms with E-state index in [1.165, 1.54) is 99.0 Å².